The maximum atomic E-state index is 2.36. The molecule has 0 atom stereocenters. The molecular formula is C38H30I2N2. The SMILES string of the molecule is Cc1ccc(N(c2ccc(I)cc2)c2ccc(-c3ccc(N(c4ccc(C)cc4)c4ccc(I)cc4)cc3)cc2)cc1. The van der Waals surface area contributed by atoms with E-state index in [1.807, 2.05) is 0 Å². The van der Waals surface area contributed by atoms with Crippen LogP contribution in [0.3, 0.4) is 0 Å². The molecule has 0 amide bonds. The lowest BCUT2D eigenvalue weighted by Crippen LogP contribution is -2.10. The van der Waals surface area contributed by atoms with E-state index in [1.165, 1.54) is 29.4 Å². The highest BCUT2D eigenvalue weighted by atomic mass is 127. The maximum absolute atomic E-state index is 2.36. The van der Waals surface area contributed by atoms with Gasteiger partial charge in [0.05, 0.1) is 0 Å². The number of rotatable bonds is 7. The first-order valence-corrected chi connectivity index (χ1v) is 16.1. The summed E-state index contributed by atoms with van der Waals surface area (Å²) in [7, 11) is 0. The van der Waals surface area contributed by atoms with Crippen molar-refractivity contribution < 1.29 is 0 Å². The highest BCUT2D eigenvalue weighted by Gasteiger charge is 2.15. The Morgan fingerprint density at radius 1 is 0.310 bits per heavy atom. The fourth-order valence-corrected chi connectivity index (χ4v) is 5.79. The molecule has 42 heavy (non-hydrogen) atoms. The molecule has 0 aliphatic carbocycles. The van der Waals surface area contributed by atoms with Gasteiger partial charge in [-0.25, -0.2) is 0 Å². The van der Waals surface area contributed by atoms with Crippen molar-refractivity contribution in [1.82, 2.24) is 0 Å². The Morgan fingerprint density at radius 2 is 0.524 bits per heavy atom. The summed E-state index contributed by atoms with van der Waals surface area (Å²) in [6, 6.07) is 52.5. The van der Waals surface area contributed by atoms with Crippen molar-refractivity contribution in [2.45, 2.75) is 13.8 Å². The Hall–Kier alpha value is -3.62. The van der Waals surface area contributed by atoms with Crippen LogP contribution in [0, 0.1) is 21.0 Å². The van der Waals surface area contributed by atoms with Crippen molar-refractivity contribution in [1.29, 1.82) is 0 Å². The monoisotopic (exact) mass is 768 g/mol. The molecule has 0 aliphatic rings. The normalized spacial score (nSPS) is 10.9. The van der Waals surface area contributed by atoms with Crippen LogP contribution in [0.4, 0.5) is 34.1 Å². The third-order valence-corrected chi connectivity index (χ3v) is 8.78. The highest BCUT2D eigenvalue weighted by molar-refractivity contribution is 14.1. The summed E-state index contributed by atoms with van der Waals surface area (Å²) in [5.74, 6) is 0. The van der Waals surface area contributed by atoms with Gasteiger partial charge in [0.15, 0.2) is 0 Å². The first kappa shape index (κ1) is 28.5. The zero-order valence-electron chi connectivity index (χ0n) is 23.5. The fraction of sp³-hybridized carbons (Fsp3) is 0.0526. The number of hydrogen-bond donors (Lipinski definition) is 0. The van der Waals surface area contributed by atoms with E-state index >= 15 is 0 Å². The highest BCUT2D eigenvalue weighted by Crippen LogP contribution is 2.38. The molecule has 0 saturated carbocycles. The molecule has 0 spiro atoms. The average molecular weight is 768 g/mol. The van der Waals surface area contributed by atoms with Gasteiger partial charge in [-0.15, -0.1) is 0 Å². The van der Waals surface area contributed by atoms with Crippen molar-refractivity contribution in [3.05, 3.63) is 164 Å². The van der Waals surface area contributed by atoms with Crippen LogP contribution in [0.1, 0.15) is 11.1 Å². The smallest absolute Gasteiger partial charge is 0.0462 e. The molecule has 6 aromatic carbocycles. The predicted molar refractivity (Wildman–Crippen MR) is 196 cm³/mol. The Bertz CT molecular complexity index is 1530. The minimum Gasteiger partial charge on any atom is -0.311 e. The van der Waals surface area contributed by atoms with Crippen LogP contribution in [0.25, 0.3) is 11.1 Å². The molecule has 206 valence electrons. The summed E-state index contributed by atoms with van der Waals surface area (Å²) < 4.78 is 2.45. The number of nitrogens with zero attached hydrogens (tertiary/aromatic N) is 2. The standard InChI is InChI=1S/C38H30I2N2/c1-27-3-15-33(16-4-27)41(37-23-11-31(39)12-24-37)35-19-7-29(8-20-35)30-9-21-36(22-10-30)42(34-17-5-28(2)6-18-34)38-25-13-32(40)14-26-38/h3-26H,1-2H3. The van der Waals surface area contributed by atoms with Gasteiger partial charge in [-0.3, -0.25) is 0 Å². The average Bonchev–Trinajstić information content (AvgIpc) is 3.02. The first-order valence-electron chi connectivity index (χ1n) is 13.9. The predicted octanol–water partition coefficient (Wildman–Crippen LogP) is 12.1. The van der Waals surface area contributed by atoms with E-state index in [0.29, 0.717) is 0 Å². The fourth-order valence-electron chi connectivity index (χ4n) is 5.07. The van der Waals surface area contributed by atoms with Gasteiger partial charge in [0, 0.05) is 41.3 Å². The molecule has 0 saturated heterocycles. The first-order chi connectivity index (χ1) is 20.4. The molecule has 2 nitrogen and oxygen atoms in total. The summed E-state index contributed by atoms with van der Waals surface area (Å²) in [5.41, 5.74) is 11.7. The van der Waals surface area contributed by atoms with Crippen LogP contribution < -0.4 is 9.80 Å². The van der Waals surface area contributed by atoms with Crippen LogP contribution in [-0.4, -0.2) is 0 Å². The van der Waals surface area contributed by atoms with Crippen LogP contribution in [0.2, 0.25) is 0 Å². The summed E-state index contributed by atoms with van der Waals surface area (Å²) in [6.45, 7) is 4.25. The quantitative estimate of drug-likeness (QED) is 0.149. The van der Waals surface area contributed by atoms with Gasteiger partial charge < -0.3 is 9.80 Å². The van der Waals surface area contributed by atoms with E-state index in [4.69, 9.17) is 0 Å². The van der Waals surface area contributed by atoms with Gasteiger partial charge in [0.2, 0.25) is 0 Å². The van der Waals surface area contributed by atoms with E-state index in [-0.39, 0.29) is 0 Å². The van der Waals surface area contributed by atoms with Crippen LogP contribution in [0.5, 0.6) is 0 Å². The Kier molecular flexibility index (Phi) is 8.63. The largest absolute Gasteiger partial charge is 0.311 e. The van der Waals surface area contributed by atoms with Crippen molar-refractivity contribution in [2.24, 2.45) is 0 Å². The third kappa shape index (κ3) is 6.40. The number of halogens is 2. The molecule has 0 heterocycles. The van der Waals surface area contributed by atoms with E-state index in [1.54, 1.807) is 0 Å². The second-order valence-corrected chi connectivity index (χ2v) is 12.9. The summed E-state index contributed by atoms with van der Waals surface area (Å²) in [6.07, 6.45) is 0. The summed E-state index contributed by atoms with van der Waals surface area (Å²) >= 11 is 4.72. The molecule has 0 fully saturated rings. The second kappa shape index (κ2) is 12.7. The molecule has 0 aromatic heterocycles. The van der Waals surface area contributed by atoms with Gasteiger partial charge in [-0.2, -0.15) is 0 Å². The maximum Gasteiger partial charge on any atom is 0.0462 e. The molecule has 0 aliphatic heterocycles. The van der Waals surface area contributed by atoms with E-state index < -0.39 is 0 Å². The molecule has 0 N–H and O–H groups in total. The summed E-state index contributed by atoms with van der Waals surface area (Å²) in [4.78, 5) is 4.62. The molecular weight excluding hydrogens is 738 g/mol. The number of benzene rings is 6. The third-order valence-electron chi connectivity index (χ3n) is 7.34. The van der Waals surface area contributed by atoms with Crippen molar-refractivity contribution in [2.75, 3.05) is 9.80 Å². The van der Waals surface area contributed by atoms with Crippen molar-refractivity contribution in [3.8, 4) is 11.1 Å². The van der Waals surface area contributed by atoms with Gasteiger partial charge in [0.25, 0.3) is 0 Å². The van der Waals surface area contributed by atoms with E-state index in [0.717, 1.165) is 34.1 Å². The Labute approximate surface area is 275 Å². The van der Waals surface area contributed by atoms with Crippen molar-refractivity contribution >= 4 is 79.3 Å². The molecule has 4 heteroatoms. The van der Waals surface area contributed by atoms with Gasteiger partial charge in [0.1, 0.15) is 0 Å². The van der Waals surface area contributed by atoms with Crippen LogP contribution >= 0.6 is 45.2 Å². The Morgan fingerprint density at radius 3 is 0.786 bits per heavy atom. The zero-order chi connectivity index (χ0) is 29.1. The molecule has 6 rings (SSSR count). The molecule has 0 bridgehead atoms. The molecule has 0 unspecified atom stereocenters. The Balaban J connectivity index is 1.31. The van der Waals surface area contributed by atoms with Crippen LogP contribution in [-0.2, 0) is 0 Å². The lowest BCUT2D eigenvalue weighted by molar-refractivity contribution is 1.27. The lowest BCUT2D eigenvalue weighted by Gasteiger charge is -2.26. The molecule has 0 radical (unpaired) electrons. The minimum atomic E-state index is 1.13. The number of aryl methyl sites for hydroxylation is 2. The zero-order valence-corrected chi connectivity index (χ0v) is 27.8. The van der Waals surface area contributed by atoms with Crippen LogP contribution in [0.15, 0.2) is 146 Å². The molecule has 6 aromatic rings. The topological polar surface area (TPSA) is 6.48 Å². The lowest BCUT2D eigenvalue weighted by atomic mass is 10.0. The second-order valence-electron chi connectivity index (χ2n) is 10.4. The van der Waals surface area contributed by atoms with E-state index in [9.17, 15) is 0 Å². The van der Waals surface area contributed by atoms with Gasteiger partial charge in [-0.1, -0.05) is 59.7 Å². The van der Waals surface area contributed by atoms with Gasteiger partial charge in [-0.05, 0) is 167 Å². The minimum absolute atomic E-state index is 1.13. The number of anilines is 6. The number of hydrogen-bond acceptors (Lipinski definition) is 2. The van der Waals surface area contributed by atoms with Gasteiger partial charge >= 0.3 is 0 Å². The van der Waals surface area contributed by atoms with E-state index in [2.05, 4.69) is 214 Å². The van der Waals surface area contributed by atoms with Crippen molar-refractivity contribution in [3.63, 3.8) is 0 Å². The summed E-state index contributed by atoms with van der Waals surface area (Å²) in [5, 5.41) is 0.